The summed E-state index contributed by atoms with van der Waals surface area (Å²) < 4.78 is 0. The van der Waals surface area contributed by atoms with Gasteiger partial charge >= 0.3 is 0 Å². The van der Waals surface area contributed by atoms with Gasteiger partial charge in [-0.05, 0) is 36.8 Å². The quantitative estimate of drug-likeness (QED) is 0.443. The van der Waals surface area contributed by atoms with E-state index in [2.05, 4.69) is 56.5 Å². The Balaban J connectivity index is 2.68. The van der Waals surface area contributed by atoms with E-state index in [0.29, 0.717) is 5.92 Å². The fraction of sp³-hybridized carbons (Fsp3) is 0.368. The van der Waals surface area contributed by atoms with Gasteiger partial charge in [-0.2, -0.15) is 0 Å². The molecule has 1 unspecified atom stereocenters. The lowest BCUT2D eigenvalue weighted by Crippen LogP contribution is -1.89. The first kappa shape index (κ1) is 18.1. The molecule has 1 heterocycles. The largest absolute Gasteiger partial charge is 0.122 e. The average molecular weight is 321 g/mol. The van der Waals surface area contributed by atoms with Crippen molar-refractivity contribution >= 4 is 23.4 Å². The summed E-state index contributed by atoms with van der Waals surface area (Å²) >= 11 is 7.91. The smallest absolute Gasteiger partial charge is 0.0229 e. The maximum atomic E-state index is 6.23. The highest BCUT2D eigenvalue weighted by molar-refractivity contribution is 8.03. The van der Waals surface area contributed by atoms with E-state index in [4.69, 9.17) is 11.6 Å². The van der Waals surface area contributed by atoms with Crippen LogP contribution in [0.4, 0.5) is 0 Å². The van der Waals surface area contributed by atoms with Gasteiger partial charge in [-0.15, -0.1) is 11.8 Å². The SMILES string of the molecule is C=C1/C=C\C/C=C\CC(C)C/C=C\C/C(Cl)=C\C(=C)SC1. The third-order valence-corrected chi connectivity index (χ3v) is 4.38. The molecule has 0 N–H and O–H groups in total. The minimum atomic E-state index is 0.667. The first-order chi connectivity index (χ1) is 10.1. The van der Waals surface area contributed by atoms with Gasteiger partial charge in [0.2, 0.25) is 0 Å². The second-order valence-corrected chi connectivity index (χ2v) is 6.95. The molecule has 0 saturated heterocycles. The minimum absolute atomic E-state index is 0.667. The van der Waals surface area contributed by atoms with E-state index in [1.807, 2.05) is 6.08 Å². The maximum absolute atomic E-state index is 6.23. The van der Waals surface area contributed by atoms with Crippen molar-refractivity contribution in [2.24, 2.45) is 5.92 Å². The highest BCUT2D eigenvalue weighted by atomic mass is 35.5. The van der Waals surface area contributed by atoms with Crippen molar-refractivity contribution in [3.05, 3.63) is 71.2 Å². The fourth-order valence-corrected chi connectivity index (χ4v) is 2.85. The Hall–Kier alpha value is -0.920. The van der Waals surface area contributed by atoms with Crippen molar-refractivity contribution < 1.29 is 0 Å². The predicted molar refractivity (Wildman–Crippen MR) is 99.7 cm³/mol. The molecule has 2 heteroatoms. The van der Waals surface area contributed by atoms with E-state index in [9.17, 15) is 0 Å². The van der Waals surface area contributed by atoms with Crippen LogP contribution in [0.2, 0.25) is 0 Å². The predicted octanol–water partition coefficient (Wildman–Crippen LogP) is 6.79. The van der Waals surface area contributed by atoms with Crippen LogP contribution in [-0.2, 0) is 0 Å². The highest BCUT2D eigenvalue weighted by Gasteiger charge is 1.98. The summed E-state index contributed by atoms with van der Waals surface area (Å²) in [5, 5.41) is 0.835. The molecule has 0 bridgehead atoms. The van der Waals surface area contributed by atoms with Crippen LogP contribution >= 0.6 is 23.4 Å². The van der Waals surface area contributed by atoms with Crippen molar-refractivity contribution in [3.63, 3.8) is 0 Å². The molecule has 0 nitrogen and oxygen atoms in total. The Labute approximate surface area is 139 Å². The second-order valence-electron chi connectivity index (χ2n) is 5.37. The number of allylic oxidation sites excluding steroid dienone is 8. The van der Waals surface area contributed by atoms with Crippen LogP contribution in [0.3, 0.4) is 0 Å². The van der Waals surface area contributed by atoms with Crippen molar-refractivity contribution in [1.29, 1.82) is 0 Å². The van der Waals surface area contributed by atoms with E-state index < -0.39 is 0 Å². The molecule has 1 aliphatic heterocycles. The molecule has 0 aromatic heterocycles. The molecule has 114 valence electrons. The third kappa shape index (κ3) is 9.60. The van der Waals surface area contributed by atoms with Gasteiger partial charge in [0.15, 0.2) is 0 Å². The third-order valence-electron chi connectivity index (χ3n) is 3.11. The Morgan fingerprint density at radius 3 is 2.57 bits per heavy atom. The van der Waals surface area contributed by atoms with Crippen LogP contribution in [0, 0.1) is 5.92 Å². The molecule has 1 atom stereocenters. The number of thioether (sulfide) groups is 1. The van der Waals surface area contributed by atoms with Gasteiger partial charge in [0.25, 0.3) is 0 Å². The van der Waals surface area contributed by atoms with Crippen LogP contribution < -0.4 is 0 Å². The first-order valence-corrected chi connectivity index (χ1v) is 8.76. The fourth-order valence-electron chi connectivity index (χ4n) is 1.87. The topological polar surface area (TPSA) is 0 Å². The number of rotatable bonds is 0. The van der Waals surface area contributed by atoms with Crippen LogP contribution in [0.25, 0.3) is 0 Å². The van der Waals surface area contributed by atoms with Crippen molar-refractivity contribution in [3.8, 4) is 0 Å². The van der Waals surface area contributed by atoms with Crippen molar-refractivity contribution in [2.45, 2.75) is 32.6 Å². The standard InChI is InChI=1S/C19H25ClS/c1-16-10-6-4-5-7-12-17(2)15-21-18(3)14-19(20)13-9-8-11-16/h4,6-9,12,14,16H,2-3,5,10-11,13,15H2,1H3/b6-4-,9-8-,12-7-,19-14+. The Kier molecular flexibility index (Phi) is 9.29. The van der Waals surface area contributed by atoms with Crippen molar-refractivity contribution in [1.82, 2.24) is 0 Å². The normalized spacial score (nSPS) is 30.0. The number of hydrogen-bond donors (Lipinski definition) is 0. The molecule has 0 amide bonds. The Bertz CT molecular complexity index is 466. The summed E-state index contributed by atoms with van der Waals surface area (Å²) in [4.78, 5) is 0.987. The van der Waals surface area contributed by atoms with Gasteiger partial charge < -0.3 is 0 Å². The van der Waals surface area contributed by atoms with Gasteiger partial charge in [-0.25, -0.2) is 0 Å². The number of halogens is 1. The van der Waals surface area contributed by atoms with Crippen molar-refractivity contribution in [2.75, 3.05) is 5.75 Å². The lowest BCUT2D eigenvalue weighted by atomic mass is 10.0. The lowest BCUT2D eigenvalue weighted by Gasteiger charge is -2.04. The molecule has 21 heavy (non-hydrogen) atoms. The van der Waals surface area contributed by atoms with Gasteiger partial charge in [-0.1, -0.05) is 68.1 Å². The molecular formula is C19H25ClS. The molecule has 1 aliphatic rings. The molecule has 0 spiro atoms. The summed E-state index contributed by atoms with van der Waals surface area (Å²) in [6.45, 7) is 10.4. The lowest BCUT2D eigenvalue weighted by molar-refractivity contribution is 0.602. The molecular weight excluding hydrogens is 296 g/mol. The molecule has 0 fully saturated rings. The number of hydrogen-bond acceptors (Lipinski definition) is 1. The van der Waals surface area contributed by atoms with Crippen LogP contribution in [-0.4, -0.2) is 5.75 Å². The summed E-state index contributed by atoms with van der Waals surface area (Å²) in [5.74, 6) is 1.52. The minimum Gasteiger partial charge on any atom is -0.122 e. The molecule has 0 aromatic carbocycles. The van der Waals surface area contributed by atoms with E-state index in [0.717, 1.165) is 46.9 Å². The molecule has 0 radical (unpaired) electrons. The highest BCUT2D eigenvalue weighted by Crippen LogP contribution is 2.22. The second kappa shape index (κ2) is 10.8. The summed E-state index contributed by atoms with van der Waals surface area (Å²) in [5.41, 5.74) is 1.11. The summed E-state index contributed by atoms with van der Waals surface area (Å²) in [6.07, 6.45) is 19.1. The van der Waals surface area contributed by atoms with Gasteiger partial charge in [0, 0.05) is 22.1 Å². The van der Waals surface area contributed by atoms with E-state index >= 15 is 0 Å². The summed E-state index contributed by atoms with van der Waals surface area (Å²) in [6, 6.07) is 0. The zero-order chi connectivity index (χ0) is 15.5. The van der Waals surface area contributed by atoms with Gasteiger partial charge in [0.05, 0.1) is 0 Å². The Morgan fingerprint density at radius 2 is 1.81 bits per heavy atom. The zero-order valence-electron chi connectivity index (χ0n) is 12.9. The van der Waals surface area contributed by atoms with Crippen LogP contribution in [0.5, 0.6) is 0 Å². The average Bonchev–Trinajstić information content (AvgIpc) is 2.44. The van der Waals surface area contributed by atoms with Crippen LogP contribution in [0.1, 0.15) is 32.6 Å². The van der Waals surface area contributed by atoms with E-state index in [1.165, 1.54) is 0 Å². The van der Waals surface area contributed by atoms with Gasteiger partial charge in [0.1, 0.15) is 0 Å². The zero-order valence-corrected chi connectivity index (χ0v) is 14.4. The molecule has 0 aromatic rings. The first-order valence-electron chi connectivity index (χ1n) is 7.40. The maximum Gasteiger partial charge on any atom is 0.0229 e. The molecule has 0 saturated carbocycles. The van der Waals surface area contributed by atoms with Crippen LogP contribution in [0.15, 0.2) is 71.2 Å². The molecule has 1 rings (SSSR count). The molecule has 0 aliphatic carbocycles. The van der Waals surface area contributed by atoms with Gasteiger partial charge in [-0.3, -0.25) is 0 Å². The summed E-state index contributed by atoms with van der Waals surface area (Å²) in [7, 11) is 0. The van der Waals surface area contributed by atoms with E-state index in [1.54, 1.807) is 11.8 Å². The Morgan fingerprint density at radius 1 is 1.10 bits per heavy atom. The monoisotopic (exact) mass is 320 g/mol. The van der Waals surface area contributed by atoms with E-state index in [-0.39, 0.29) is 0 Å².